The largest absolute Gasteiger partial charge is 0.397 e. The van der Waals surface area contributed by atoms with E-state index in [-0.39, 0.29) is 30.8 Å². The smallest absolute Gasteiger partial charge is 0.238 e. The zero-order chi connectivity index (χ0) is 15.8. The minimum atomic E-state index is -0.452. The van der Waals surface area contributed by atoms with Gasteiger partial charge in [0.15, 0.2) is 0 Å². The molecule has 6 heteroatoms. The molecule has 1 aromatic carbocycles. The summed E-state index contributed by atoms with van der Waals surface area (Å²) in [6.45, 7) is 4.65. The number of amides is 1. The Kier molecular flexibility index (Phi) is 7.11. The van der Waals surface area contributed by atoms with Crippen LogP contribution in [0.4, 0.5) is 15.8 Å². The molecule has 0 saturated carbocycles. The summed E-state index contributed by atoms with van der Waals surface area (Å²) in [5.41, 5.74) is 6.30. The molecule has 0 aliphatic rings. The molecule has 0 atom stereocenters. The van der Waals surface area contributed by atoms with Crippen molar-refractivity contribution in [2.24, 2.45) is 0 Å². The molecule has 1 rings (SSSR count). The van der Waals surface area contributed by atoms with Crippen LogP contribution in [0.3, 0.4) is 0 Å². The highest BCUT2D eigenvalue weighted by Gasteiger charge is 2.18. The SMILES string of the molecule is CCC(CC)N(CCO)CC(=O)Nc1cc(F)ccc1N. The van der Waals surface area contributed by atoms with Gasteiger partial charge in [-0.1, -0.05) is 13.8 Å². The average molecular weight is 297 g/mol. The van der Waals surface area contributed by atoms with Crippen LogP contribution in [-0.4, -0.2) is 41.7 Å². The number of halogens is 1. The number of hydrogen-bond donors (Lipinski definition) is 3. The van der Waals surface area contributed by atoms with Crippen molar-refractivity contribution < 1.29 is 14.3 Å². The van der Waals surface area contributed by atoms with Crippen LogP contribution in [0.2, 0.25) is 0 Å². The van der Waals surface area contributed by atoms with Gasteiger partial charge in [0.1, 0.15) is 5.82 Å². The van der Waals surface area contributed by atoms with Crippen molar-refractivity contribution in [2.45, 2.75) is 32.7 Å². The van der Waals surface area contributed by atoms with E-state index in [0.717, 1.165) is 12.8 Å². The van der Waals surface area contributed by atoms with Crippen molar-refractivity contribution in [3.63, 3.8) is 0 Å². The van der Waals surface area contributed by atoms with Crippen molar-refractivity contribution >= 4 is 17.3 Å². The summed E-state index contributed by atoms with van der Waals surface area (Å²) in [5, 5.41) is 11.7. The number of nitrogens with zero attached hydrogens (tertiary/aromatic N) is 1. The van der Waals surface area contributed by atoms with Crippen LogP contribution < -0.4 is 11.1 Å². The van der Waals surface area contributed by atoms with Crippen LogP contribution in [0.15, 0.2) is 18.2 Å². The summed E-state index contributed by atoms with van der Waals surface area (Å²) in [4.78, 5) is 14.0. The Bertz CT molecular complexity index is 464. The monoisotopic (exact) mass is 297 g/mol. The topological polar surface area (TPSA) is 78.6 Å². The number of benzene rings is 1. The average Bonchev–Trinajstić information content (AvgIpc) is 2.44. The molecule has 0 saturated heterocycles. The Hall–Kier alpha value is -1.66. The number of carbonyl (C=O) groups is 1. The molecule has 1 amide bonds. The quantitative estimate of drug-likeness (QED) is 0.640. The lowest BCUT2D eigenvalue weighted by Gasteiger charge is -2.29. The Morgan fingerprint density at radius 3 is 2.67 bits per heavy atom. The zero-order valence-corrected chi connectivity index (χ0v) is 12.6. The molecule has 1 aromatic rings. The number of carbonyl (C=O) groups excluding carboxylic acids is 1. The molecule has 0 bridgehead atoms. The maximum atomic E-state index is 13.2. The van der Waals surface area contributed by atoms with Crippen LogP contribution in [-0.2, 0) is 4.79 Å². The van der Waals surface area contributed by atoms with Gasteiger partial charge in [0.2, 0.25) is 5.91 Å². The van der Waals surface area contributed by atoms with E-state index in [1.54, 1.807) is 0 Å². The summed E-state index contributed by atoms with van der Waals surface area (Å²) >= 11 is 0. The van der Waals surface area contributed by atoms with Gasteiger partial charge >= 0.3 is 0 Å². The Morgan fingerprint density at radius 1 is 1.43 bits per heavy atom. The lowest BCUT2D eigenvalue weighted by atomic mass is 10.1. The molecule has 0 unspecified atom stereocenters. The number of rotatable bonds is 8. The molecule has 5 nitrogen and oxygen atoms in total. The highest BCUT2D eigenvalue weighted by atomic mass is 19.1. The molecular weight excluding hydrogens is 273 g/mol. The summed E-state index contributed by atoms with van der Waals surface area (Å²) in [6.07, 6.45) is 1.79. The van der Waals surface area contributed by atoms with Crippen molar-refractivity contribution in [3.8, 4) is 0 Å². The molecule has 0 radical (unpaired) electrons. The van der Waals surface area contributed by atoms with E-state index >= 15 is 0 Å². The number of nitrogen functional groups attached to an aromatic ring is 1. The van der Waals surface area contributed by atoms with Gasteiger partial charge in [-0.15, -0.1) is 0 Å². The first-order valence-corrected chi connectivity index (χ1v) is 7.21. The predicted octanol–water partition coefficient (Wildman–Crippen LogP) is 1.83. The van der Waals surface area contributed by atoms with Crippen LogP contribution in [0.1, 0.15) is 26.7 Å². The molecule has 0 aromatic heterocycles. The Morgan fingerprint density at radius 2 is 2.10 bits per heavy atom. The van der Waals surface area contributed by atoms with Crippen LogP contribution in [0.5, 0.6) is 0 Å². The summed E-state index contributed by atoms with van der Waals surface area (Å²) < 4.78 is 13.2. The van der Waals surface area contributed by atoms with Gasteiger partial charge in [-0.25, -0.2) is 4.39 Å². The molecule has 118 valence electrons. The predicted molar refractivity (Wildman–Crippen MR) is 82.5 cm³/mol. The molecule has 0 spiro atoms. The highest BCUT2D eigenvalue weighted by molar-refractivity contribution is 5.95. The number of aliphatic hydroxyl groups excluding tert-OH is 1. The van der Waals surface area contributed by atoms with Gasteiger partial charge in [0.05, 0.1) is 24.5 Å². The number of anilines is 2. The third-order valence-corrected chi connectivity index (χ3v) is 3.48. The van der Waals surface area contributed by atoms with Gasteiger partial charge in [0.25, 0.3) is 0 Å². The first kappa shape index (κ1) is 17.4. The fourth-order valence-electron chi connectivity index (χ4n) is 2.34. The number of nitrogens with one attached hydrogen (secondary N) is 1. The normalized spacial score (nSPS) is 11.1. The third-order valence-electron chi connectivity index (χ3n) is 3.48. The van der Waals surface area contributed by atoms with Crippen molar-refractivity contribution in [2.75, 3.05) is 30.7 Å². The van der Waals surface area contributed by atoms with Gasteiger partial charge in [-0.05, 0) is 31.0 Å². The Labute approximate surface area is 124 Å². The second kappa shape index (κ2) is 8.59. The van der Waals surface area contributed by atoms with Crippen molar-refractivity contribution in [1.29, 1.82) is 0 Å². The van der Waals surface area contributed by atoms with Crippen LogP contribution in [0.25, 0.3) is 0 Å². The van der Waals surface area contributed by atoms with Gasteiger partial charge in [-0.3, -0.25) is 9.69 Å². The van der Waals surface area contributed by atoms with E-state index in [2.05, 4.69) is 5.32 Å². The standard InChI is InChI=1S/C15H24FN3O2/c1-3-12(4-2)19(7-8-20)10-15(21)18-14-9-11(16)5-6-13(14)17/h5-6,9,12,20H,3-4,7-8,10,17H2,1-2H3,(H,18,21). The van der Waals surface area contributed by atoms with Gasteiger partial charge in [-0.2, -0.15) is 0 Å². The highest BCUT2D eigenvalue weighted by Crippen LogP contribution is 2.19. The maximum Gasteiger partial charge on any atom is 0.238 e. The first-order valence-electron chi connectivity index (χ1n) is 7.21. The van der Waals surface area contributed by atoms with Crippen LogP contribution in [0, 0.1) is 5.82 Å². The van der Waals surface area contributed by atoms with E-state index in [9.17, 15) is 9.18 Å². The van der Waals surface area contributed by atoms with Crippen molar-refractivity contribution in [3.05, 3.63) is 24.0 Å². The second-order valence-electron chi connectivity index (χ2n) is 4.94. The molecule has 0 fully saturated rings. The maximum absolute atomic E-state index is 13.2. The van der Waals surface area contributed by atoms with Crippen molar-refractivity contribution in [1.82, 2.24) is 4.90 Å². The van der Waals surface area contributed by atoms with Gasteiger partial charge < -0.3 is 16.2 Å². The summed E-state index contributed by atoms with van der Waals surface area (Å²) in [6, 6.07) is 4.08. The van der Waals surface area contributed by atoms with E-state index in [1.807, 2.05) is 18.7 Å². The lowest BCUT2D eigenvalue weighted by molar-refractivity contribution is -0.118. The zero-order valence-electron chi connectivity index (χ0n) is 12.6. The molecule has 21 heavy (non-hydrogen) atoms. The molecule has 0 aliphatic heterocycles. The van der Waals surface area contributed by atoms with E-state index in [0.29, 0.717) is 12.2 Å². The minimum absolute atomic E-state index is 0.00805. The Balaban J connectivity index is 2.71. The number of nitrogens with two attached hydrogens (primary N) is 1. The second-order valence-corrected chi connectivity index (χ2v) is 4.94. The first-order chi connectivity index (χ1) is 10.0. The lowest BCUT2D eigenvalue weighted by Crippen LogP contribution is -2.42. The number of hydrogen-bond acceptors (Lipinski definition) is 4. The summed E-state index contributed by atoms with van der Waals surface area (Å²) in [5.74, 6) is -0.723. The van der Waals surface area contributed by atoms with E-state index in [4.69, 9.17) is 10.8 Å². The summed E-state index contributed by atoms with van der Waals surface area (Å²) in [7, 11) is 0. The fraction of sp³-hybridized carbons (Fsp3) is 0.533. The van der Waals surface area contributed by atoms with E-state index < -0.39 is 5.82 Å². The third kappa shape index (κ3) is 5.32. The molecule has 0 aliphatic carbocycles. The molecular formula is C15H24FN3O2. The number of aliphatic hydroxyl groups is 1. The fourth-order valence-corrected chi connectivity index (χ4v) is 2.34. The van der Waals surface area contributed by atoms with Gasteiger partial charge in [0, 0.05) is 12.6 Å². The van der Waals surface area contributed by atoms with E-state index in [1.165, 1.54) is 18.2 Å². The van der Waals surface area contributed by atoms with Crippen LogP contribution >= 0.6 is 0 Å². The molecule has 4 N–H and O–H groups in total. The molecule has 0 heterocycles. The minimum Gasteiger partial charge on any atom is -0.397 e.